The monoisotopic (exact) mass is 352 g/mol. The smallest absolute Gasteiger partial charge is 0.290 e. The second-order valence-electron chi connectivity index (χ2n) is 7.59. The van der Waals surface area contributed by atoms with Crippen molar-refractivity contribution in [1.29, 1.82) is 0 Å². The van der Waals surface area contributed by atoms with Crippen molar-refractivity contribution in [2.45, 2.75) is 39.2 Å². The normalized spacial score (nSPS) is 14.5. The van der Waals surface area contributed by atoms with Crippen LogP contribution in [0.1, 0.15) is 48.7 Å². The van der Waals surface area contributed by atoms with Crippen LogP contribution in [-0.2, 0) is 18.4 Å². The Bertz CT molecular complexity index is 1060. The number of rotatable bonds is 1. The number of carbonyl (C=O) groups is 1. The average Bonchev–Trinajstić information content (AvgIpc) is 3.04. The molecule has 1 aromatic carbocycles. The van der Waals surface area contributed by atoms with E-state index in [9.17, 15) is 9.59 Å². The first-order valence-corrected chi connectivity index (χ1v) is 8.64. The van der Waals surface area contributed by atoms with Crippen molar-refractivity contribution in [2.75, 3.05) is 6.54 Å². The van der Waals surface area contributed by atoms with Gasteiger partial charge in [0, 0.05) is 24.4 Å². The summed E-state index contributed by atoms with van der Waals surface area (Å²) < 4.78 is 11.5. The summed E-state index contributed by atoms with van der Waals surface area (Å²) in [6.07, 6.45) is 0.599. The lowest BCUT2D eigenvalue weighted by Crippen LogP contribution is -2.36. The summed E-state index contributed by atoms with van der Waals surface area (Å²) in [5.41, 5.74) is 0.789. The highest BCUT2D eigenvalue weighted by Crippen LogP contribution is 2.28. The number of hydrogen-bond acceptors (Lipinski definition) is 5. The predicted octanol–water partition coefficient (Wildman–Crippen LogP) is 3.28. The van der Waals surface area contributed by atoms with Crippen LogP contribution in [0.4, 0.5) is 0 Å². The van der Waals surface area contributed by atoms with Gasteiger partial charge in [-0.15, -0.1) is 0 Å². The third-order valence-electron chi connectivity index (χ3n) is 4.50. The van der Waals surface area contributed by atoms with Crippen molar-refractivity contribution in [2.24, 2.45) is 0 Å². The van der Waals surface area contributed by atoms with Crippen molar-refractivity contribution >= 4 is 16.9 Å². The SMILES string of the molecule is CC(C)(C)c1nc2c(o1)CCN(C(=O)c1cc(=O)c3ccccc3o1)C2. The Kier molecular flexibility index (Phi) is 3.72. The molecule has 0 unspecified atom stereocenters. The molecule has 1 amide bonds. The van der Waals surface area contributed by atoms with Crippen molar-refractivity contribution in [3.05, 3.63) is 63.7 Å². The van der Waals surface area contributed by atoms with Crippen LogP contribution in [0.2, 0.25) is 0 Å². The highest BCUT2D eigenvalue weighted by atomic mass is 16.4. The van der Waals surface area contributed by atoms with E-state index in [1.54, 1.807) is 29.2 Å². The highest BCUT2D eigenvalue weighted by molar-refractivity contribution is 5.93. The second kappa shape index (κ2) is 5.83. The Morgan fingerprint density at radius 1 is 1.19 bits per heavy atom. The Labute approximate surface area is 150 Å². The molecule has 3 aromatic rings. The van der Waals surface area contributed by atoms with Gasteiger partial charge in [-0.1, -0.05) is 32.9 Å². The zero-order valence-electron chi connectivity index (χ0n) is 15.0. The molecule has 4 rings (SSSR count). The van der Waals surface area contributed by atoms with Gasteiger partial charge in [-0.2, -0.15) is 0 Å². The largest absolute Gasteiger partial charge is 0.451 e. The summed E-state index contributed by atoms with van der Waals surface area (Å²) in [7, 11) is 0. The summed E-state index contributed by atoms with van der Waals surface area (Å²) in [6, 6.07) is 8.19. The second-order valence-corrected chi connectivity index (χ2v) is 7.59. The average molecular weight is 352 g/mol. The van der Waals surface area contributed by atoms with Crippen LogP contribution in [0, 0.1) is 0 Å². The fourth-order valence-corrected chi connectivity index (χ4v) is 3.06. The molecule has 6 nitrogen and oxygen atoms in total. The maximum atomic E-state index is 12.8. The molecule has 0 fully saturated rings. The molecule has 2 aromatic heterocycles. The van der Waals surface area contributed by atoms with Gasteiger partial charge < -0.3 is 13.7 Å². The number of aromatic nitrogens is 1. The van der Waals surface area contributed by atoms with Gasteiger partial charge in [0.15, 0.2) is 17.1 Å². The number of para-hydroxylation sites is 1. The van der Waals surface area contributed by atoms with E-state index in [-0.39, 0.29) is 22.5 Å². The Balaban J connectivity index is 1.64. The number of nitrogens with zero attached hydrogens (tertiary/aromatic N) is 2. The van der Waals surface area contributed by atoms with E-state index in [4.69, 9.17) is 8.83 Å². The molecular weight excluding hydrogens is 332 g/mol. The number of hydrogen-bond donors (Lipinski definition) is 0. The van der Waals surface area contributed by atoms with Crippen LogP contribution in [-0.4, -0.2) is 22.3 Å². The minimum atomic E-state index is -0.307. The van der Waals surface area contributed by atoms with E-state index in [0.717, 1.165) is 11.5 Å². The fourth-order valence-electron chi connectivity index (χ4n) is 3.06. The van der Waals surface area contributed by atoms with Gasteiger partial charge in [0.2, 0.25) is 0 Å². The molecule has 0 aliphatic carbocycles. The molecular formula is C20H20N2O4. The van der Waals surface area contributed by atoms with Crippen LogP contribution in [0.5, 0.6) is 0 Å². The van der Waals surface area contributed by atoms with Crippen molar-refractivity contribution in [3.63, 3.8) is 0 Å². The minimum Gasteiger partial charge on any atom is -0.451 e. The first-order chi connectivity index (χ1) is 12.3. The maximum absolute atomic E-state index is 12.8. The Morgan fingerprint density at radius 3 is 2.73 bits per heavy atom. The highest BCUT2D eigenvalue weighted by Gasteiger charge is 2.30. The van der Waals surface area contributed by atoms with E-state index in [1.807, 2.05) is 20.8 Å². The molecule has 0 saturated heterocycles. The lowest BCUT2D eigenvalue weighted by atomic mass is 9.97. The van der Waals surface area contributed by atoms with Gasteiger partial charge in [0.1, 0.15) is 17.0 Å². The van der Waals surface area contributed by atoms with Crippen LogP contribution in [0.15, 0.2) is 44.0 Å². The Morgan fingerprint density at radius 2 is 1.96 bits per heavy atom. The molecule has 0 radical (unpaired) electrons. The molecule has 0 N–H and O–H groups in total. The van der Waals surface area contributed by atoms with Crippen LogP contribution in [0.25, 0.3) is 11.0 Å². The van der Waals surface area contributed by atoms with E-state index >= 15 is 0 Å². The number of fused-ring (bicyclic) bond motifs is 2. The van der Waals surface area contributed by atoms with Gasteiger partial charge in [0.25, 0.3) is 5.91 Å². The zero-order chi connectivity index (χ0) is 18.5. The van der Waals surface area contributed by atoms with Crippen molar-refractivity contribution in [3.8, 4) is 0 Å². The standard InChI is InChI=1S/C20H20N2O4/c1-20(2,3)19-21-13-11-22(9-8-16(13)26-19)18(24)17-10-14(23)12-6-4-5-7-15(12)25-17/h4-7,10H,8-9,11H2,1-3H3. The quantitative estimate of drug-likeness (QED) is 0.672. The van der Waals surface area contributed by atoms with Gasteiger partial charge in [0.05, 0.1) is 11.9 Å². The molecule has 1 aliphatic heterocycles. The van der Waals surface area contributed by atoms with E-state index < -0.39 is 0 Å². The number of carbonyl (C=O) groups excluding carboxylic acids is 1. The first kappa shape index (κ1) is 16.6. The topological polar surface area (TPSA) is 76.6 Å². The fraction of sp³-hybridized carbons (Fsp3) is 0.350. The summed E-state index contributed by atoms with van der Waals surface area (Å²) in [5, 5.41) is 0.469. The summed E-state index contributed by atoms with van der Waals surface area (Å²) in [5.74, 6) is 1.25. The first-order valence-electron chi connectivity index (χ1n) is 8.64. The molecule has 0 saturated carbocycles. The van der Waals surface area contributed by atoms with Crippen LogP contribution < -0.4 is 5.43 Å². The third-order valence-corrected chi connectivity index (χ3v) is 4.50. The molecule has 26 heavy (non-hydrogen) atoms. The number of amides is 1. The minimum absolute atomic E-state index is 0.0525. The molecule has 6 heteroatoms. The molecule has 0 atom stereocenters. The van der Waals surface area contributed by atoms with Crippen LogP contribution in [0.3, 0.4) is 0 Å². The predicted molar refractivity (Wildman–Crippen MR) is 96.1 cm³/mol. The Hall–Kier alpha value is -2.89. The summed E-state index contributed by atoms with van der Waals surface area (Å²) in [6.45, 7) is 6.97. The van der Waals surface area contributed by atoms with E-state index in [1.165, 1.54) is 6.07 Å². The van der Waals surface area contributed by atoms with Gasteiger partial charge in [-0.05, 0) is 12.1 Å². The zero-order valence-corrected chi connectivity index (χ0v) is 15.0. The lowest BCUT2D eigenvalue weighted by molar-refractivity contribution is 0.0696. The summed E-state index contributed by atoms with van der Waals surface area (Å²) in [4.78, 5) is 31.3. The number of oxazole rings is 1. The molecule has 0 bridgehead atoms. The molecule has 0 spiro atoms. The molecule has 3 heterocycles. The van der Waals surface area contributed by atoms with Gasteiger partial charge in [-0.3, -0.25) is 9.59 Å². The van der Waals surface area contributed by atoms with Gasteiger partial charge in [-0.25, -0.2) is 4.98 Å². The van der Waals surface area contributed by atoms with Crippen LogP contribution >= 0.6 is 0 Å². The van der Waals surface area contributed by atoms with Crippen molar-refractivity contribution in [1.82, 2.24) is 9.88 Å². The molecule has 134 valence electrons. The van der Waals surface area contributed by atoms with E-state index in [0.29, 0.717) is 36.4 Å². The maximum Gasteiger partial charge on any atom is 0.290 e. The van der Waals surface area contributed by atoms with Crippen molar-refractivity contribution < 1.29 is 13.6 Å². The third kappa shape index (κ3) is 2.81. The summed E-state index contributed by atoms with van der Waals surface area (Å²) >= 11 is 0. The lowest BCUT2D eigenvalue weighted by Gasteiger charge is -2.24. The van der Waals surface area contributed by atoms with E-state index in [2.05, 4.69) is 4.98 Å². The molecule has 1 aliphatic rings. The van der Waals surface area contributed by atoms with Gasteiger partial charge >= 0.3 is 0 Å². The number of benzene rings is 1.